The number of nitrogen functional groups attached to an aromatic ring is 1. The average Bonchev–Trinajstić information content (AvgIpc) is 2.36. The third-order valence-corrected chi connectivity index (χ3v) is 2.61. The molecule has 0 radical (unpaired) electrons. The molecule has 1 heterocycles. The summed E-state index contributed by atoms with van der Waals surface area (Å²) in [6.45, 7) is 2.68. The zero-order chi connectivity index (χ0) is 13.0. The minimum absolute atomic E-state index is 0.0376. The second-order valence-electron chi connectivity index (χ2n) is 4.02. The number of nitrogens with two attached hydrogens (primary N) is 1. The SMILES string of the molecule is CC(=O)NCCNc1c(N)cnc2ccccc12. The van der Waals surface area contributed by atoms with Crippen molar-refractivity contribution in [1.82, 2.24) is 10.3 Å². The number of hydrogen-bond donors (Lipinski definition) is 3. The van der Waals surface area contributed by atoms with Crippen LogP contribution >= 0.6 is 0 Å². The van der Waals surface area contributed by atoms with Crippen LogP contribution in [0.3, 0.4) is 0 Å². The number of nitrogens with zero attached hydrogens (tertiary/aromatic N) is 1. The van der Waals surface area contributed by atoms with Gasteiger partial charge in [0, 0.05) is 25.4 Å². The van der Waals surface area contributed by atoms with Gasteiger partial charge < -0.3 is 16.4 Å². The van der Waals surface area contributed by atoms with Crippen molar-refractivity contribution in [2.75, 3.05) is 24.1 Å². The first kappa shape index (κ1) is 12.2. The lowest BCUT2D eigenvalue weighted by Gasteiger charge is -2.12. The van der Waals surface area contributed by atoms with Gasteiger partial charge in [0.1, 0.15) is 0 Å². The molecular formula is C13H16N4O. The number of hydrogen-bond acceptors (Lipinski definition) is 4. The first-order valence-corrected chi connectivity index (χ1v) is 5.80. The van der Waals surface area contributed by atoms with E-state index in [1.807, 2.05) is 24.3 Å². The maximum Gasteiger partial charge on any atom is 0.216 e. The van der Waals surface area contributed by atoms with E-state index in [0.717, 1.165) is 16.6 Å². The smallest absolute Gasteiger partial charge is 0.216 e. The summed E-state index contributed by atoms with van der Waals surface area (Å²) in [5.41, 5.74) is 8.29. The minimum atomic E-state index is -0.0376. The molecule has 0 aliphatic carbocycles. The van der Waals surface area contributed by atoms with Gasteiger partial charge in [0.25, 0.3) is 0 Å². The Morgan fingerprint density at radius 2 is 2.11 bits per heavy atom. The van der Waals surface area contributed by atoms with Crippen LogP contribution in [0, 0.1) is 0 Å². The number of rotatable bonds is 4. The van der Waals surface area contributed by atoms with Gasteiger partial charge in [-0.3, -0.25) is 9.78 Å². The molecule has 0 fully saturated rings. The van der Waals surface area contributed by atoms with Gasteiger partial charge in [-0.05, 0) is 6.07 Å². The van der Waals surface area contributed by atoms with Gasteiger partial charge in [0.15, 0.2) is 0 Å². The number of aromatic nitrogens is 1. The molecule has 1 aromatic heterocycles. The summed E-state index contributed by atoms with van der Waals surface area (Å²) in [6, 6.07) is 7.79. The zero-order valence-electron chi connectivity index (χ0n) is 10.2. The van der Waals surface area contributed by atoms with E-state index in [-0.39, 0.29) is 5.91 Å². The molecule has 5 heteroatoms. The first-order chi connectivity index (χ1) is 8.68. The van der Waals surface area contributed by atoms with Gasteiger partial charge >= 0.3 is 0 Å². The molecule has 0 bridgehead atoms. The maximum atomic E-state index is 10.8. The molecule has 2 aromatic rings. The number of carbonyl (C=O) groups excluding carboxylic acids is 1. The van der Waals surface area contributed by atoms with E-state index in [1.54, 1.807) is 6.20 Å². The number of nitrogens with one attached hydrogen (secondary N) is 2. The minimum Gasteiger partial charge on any atom is -0.396 e. The number of carbonyl (C=O) groups is 1. The number of para-hydroxylation sites is 1. The number of pyridine rings is 1. The Balaban J connectivity index is 2.16. The van der Waals surface area contributed by atoms with Crippen LogP contribution in [-0.4, -0.2) is 24.0 Å². The lowest BCUT2D eigenvalue weighted by atomic mass is 10.1. The molecule has 18 heavy (non-hydrogen) atoms. The van der Waals surface area contributed by atoms with E-state index >= 15 is 0 Å². The van der Waals surface area contributed by atoms with Crippen molar-refractivity contribution in [1.29, 1.82) is 0 Å². The van der Waals surface area contributed by atoms with Crippen LogP contribution in [0.1, 0.15) is 6.92 Å². The van der Waals surface area contributed by atoms with Crippen LogP contribution in [-0.2, 0) is 4.79 Å². The topological polar surface area (TPSA) is 80.0 Å². The highest BCUT2D eigenvalue weighted by Crippen LogP contribution is 2.26. The molecule has 0 spiro atoms. The van der Waals surface area contributed by atoms with Crippen LogP contribution in [0.15, 0.2) is 30.5 Å². The van der Waals surface area contributed by atoms with Crippen molar-refractivity contribution >= 4 is 28.2 Å². The molecule has 0 saturated carbocycles. The predicted molar refractivity (Wildman–Crippen MR) is 73.3 cm³/mol. The number of fused-ring (bicyclic) bond motifs is 1. The summed E-state index contributed by atoms with van der Waals surface area (Å²) in [5, 5.41) is 6.94. The fraction of sp³-hybridized carbons (Fsp3) is 0.231. The fourth-order valence-corrected chi connectivity index (χ4v) is 1.78. The Labute approximate surface area is 105 Å². The van der Waals surface area contributed by atoms with E-state index in [2.05, 4.69) is 15.6 Å². The summed E-state index contributed by atoms with van der Waals surface area (Å²) < 4.78 is 0. The Bertz CT molecular complexity index is 568. The fourth-order valence-electron chi connectivity index (χ4n) is 1.78. The summed E-state index contributed by atoms with van der Waals surface area (Å²) >= 11 is 0. The van der Waals surface area contributed by atoms with Gasteiger partial charge in [0.05, 0.1) is 23.1 Å². The van der Waals surface area contributed by atoms with Gasteiger partial charge in [-0.2, -0.15) is 0 Å². The molecule has 5 nitrogen and oxygen atoms in total. The van der Waals surface area contributed by atoms with E-state index in [9.17, 15) is 4.79 Å². The van der Waals surface area contributed by atoms with E-state index in [4.69, 9.17) is 5.73 Å². The van der Waals surface area contributed by atoms with Crippen molar-refractivity contribution in [2.45, 2.75) is 6.92 Å². The van der Waals surface area contributed by atoms with Crippen LogP contribution in [0.4, 0.5) is 11.4 Å². The Hall–Kier alpha value is -2.30. The van der Waals surface area contributed by atoms with Crippen LogP contribution in [0.2, 0.25) is 0 Å². The molecule has 0 unspecified atom stereocenters. The summed E-state index contributed by atoms with van der Waals surface area (Å²) in [4.78, 5) is 15.0. The molecule has 0 aliphatic rings. The van der Waals surface area contributed by atoms with E-state index in [0.29, 0.717) is 18.8 Å². The van der Waals surface area contributed by atoms with E-state index in [1.165, 1.54) is 6.92 Å². The third kappa shape index (κ3) is 2.68. The van der Waals surface area contributed by atoms with Crippen molar-refractivity contribution in [3.05, 3.63) is 30.5 Å². The second-order valence-corrected chi connectivity index (χ2v) is 4.02. The van der Waals surface area contributed by atoms with E-state index < -0.39 is 0 Å². The van der Waals surface area contributed by atoms with Crippen molar-refractivity contribution in [3.63, 3.8) is 0 Å². The standard InChI is InChI=1S/C13H16N4O/c1-9(18)15-6-7-16-13-10-4-2-3-5-12(10)17-8-11(13)14/h2-5,8H,6-7,14H2,1H3,(H,15,18)(H,16,17). The van der Waals surface area contributed by atoms with Gasteiger partial charge in [-0.25, -0.2) is 0 Å². The lowest BCUT2D eigenvalue weighted by Crippen LogP contribution is -2.26. The van der Waals surface area contributed by atoms with Crippen molar-refractivity contribution in [2.24, 2.45) is 0 Å². The third-order valence-electron chi connectivity index (χ3n) is 2.61. The molecular weight excluding hydrogens is 228 g/mol. The Kier molecular flexibility index (Phi) is 3.62. The number of benzene rings is 1. The highest BCUT2D eigenvalue weighted by atomic mass is 16.1. The Morgan fingerprint density at radius 3 is 2.89 bits per heavy atom. The van der Waals surface area contributed by atoms with Crippen molar-refractivity contribution in [3.8, 4) is 0 Å². The highest BCUT2D eigenvalue weighted by molar-refractivity contribution is 5.96. The molecule has 4 N–H and O–H groups in total. The van der Waals surface area contributed by atoms with Gasteiger partial charge in [0.2, 0.25) is 5.91 Å². The normalized spacial score (nSPS) is 10.3. The molecule has 1 aromatic carbocycles. The molecule has 2 rings (SSSR count). The maximum absolute atomic E-state index is 10.8. The highest BCUT2D eigenvalue weighted by Gasteiger charge is 2.05. The predicted octanol–water partition coefficient (Wildman–Crippen LogP) is 1.36. The molecule has 0 saturated heterocycles. The molecule has 0 aliphatic heterocycles. The van der Waals surface area contributed by atoms with Crippen LogP contribution in [0.25, 0.3) is 10.9 Å². The molecule has 1 amide bonds. The molecule has 0 atom stereocenters. The zero-order valence-corrected chi connectivity index (χ0v) is 10.2. The van der Waals surface area contributed by atoms with Gasteiger partial charge in [-0.1, -0.05) is 18.2 Å². The largest absolute Gasteiger partial charge is 0.396 e. The summed E-state index contributed by atoms with van der Waals surface area (Å²) in [6.07, 6.45) is 1.64. The quantitative estimate of drug-likeness (QED) is 0.709. The van der Waals surface area contributed by atoms with Crippen LogP contribution < -0.4 is 16.4 Å². The lowest BCUT2D eigenvalue weighted by molar-refractivity contribution is -0.118. The summed E-state index contributed by atoms with van der Waals surface area (Å²) in [5.74, 6) is -0.0376. The van der Waals surface area contributed by atoms with Crippen LogP contribution in [0.5, 0.6) is 0 Å². The average molecular weight is 244 g/mol. The number of anilines is 2. The number of amides is 1. The van der Waals surface area contributed by atoms with Gasteiger partial charge in [-0.15, -0.1) is 0 Å². The monoisotopic (exact) mass is 244 g/mol. The summed E-state index contributed by atoms with van der Waals surface area (Å²) in [7, 11) is 0. The Morgan fingerprint density at radius 1 is 1.33 bits per heavy atom. The first-order valence-electron chi connectivity index (χ1n) is 5.80. The molecule has 94 valence electrons. The van der Waals surface area contributed by atoms with Crippen molar-refractivity contribution < 1.29 is 4.79 Å². The second kappa shape index (κ2) is 5.35.